The topological polar surface area (TPSA) is 94.5 Å². The van der Waals surface area contributed by atoms with Crippen LogP contribution in [0.5, 0.6) is 5.75 Å². The molecule has 2 N–H and O–H groups in total. The van der Waals surface area contributed by atoms with Crippen molar-refractivity contribution >= 4 is 28.4 Å². The Morgan fingerprint density at radius 2 is 1.85 bits per heavy atom. The minimum absolute atomic E-state index is 0.0214. The summed E-state index contributed by atoms with van der Waals surface area (Å²) in [5.41, 5.74) is 6.77. The first-order valence-electron chi connectivity index (χ1n) is 12.2. The number of aromatic nitrogens is 2. The van der Waals surface area contributed by atoms with E-state index < -0.39 is 11.9 Å². The summed E-state index contributed by atoms with van der Waals surface area (Å²) < 4.78 is 50.7. The highest BCUT2D eigenvalue weighted by molar-refractivity contribution is 6.30. The number of nitrogens with zero attached hydrogens (tertiary/aromatic N) is 3. The van der Waals surface area contributed by atoms with Crippen molar-refractivity contribution in [3.8, 4) is 17.2 Å². The molecular weight excluding hydrogens is 533 g/mol. The van der Waals surface area contributed by atoms with E-state index in [2.05, 4.69) is 9.97 Å². The molecule has 11 heteroatoms. The molecular formula is C28H28ClF3N4O3. The van der Waals surface area contributed by atoms with E-state index >= 15 is 0 Å². The van der Waals surface area contributed by atoms with Crippen molar-refractivity contribution in [1.29, 1.82) is 0 Å². The lowest BCUT2D eigenvalue weighted by Crippen LogP contribution is -2.36. The number of pyridine rings is 1. The SMILES string of the molecule is CC(C)N.COc1ccc(-c2nc(C(=O)N3CCc4ccc(Cl)cc4C3)c(C)o2)c2ccc(C(F)(F)F)nc12. The number of carbonyl (C=O) groups is 1. The van der Waals surface area contributed by atoms with Crippen molar-refractivity contribution in [2.24, 2.45) is 5.73 Å². The Morgan fingerprint density at radius 1 is 1.13 bits per heavy atom. The number of halogens is 4. The first kappa shape index (κ1) is 28.4. The van der Waals surface area contributed by atoms with Gasteiger partial charge in [0.05, 0.1) is 7.11 Å². The summed E-state index contributed by atoms with van der Waals surface area (Å²) in [6, 6.07) is 11.3. The second-order valence-corrected chi connectivity index (χ2v) is 9.90. The molecule has 3 heterocycles. The van der Waals surface area contributed by atoms with Gasteiger partial charge in [0.15, 0.2) is 5.69 Å². The van der Waals surface area contributed by atoms with Crippen molar-refractivity contribution in [1.82, 2.24) is 14.9 Å². The van der Waals surface area contributed by atoms with E-state index in [0.29, 0.717) is 47.3 Å². The molecule has 5 rings (SSSR count). The van der Waals surface area contributed by atoms with Gasteiger partial charge in [0, 0.05) is 29.1 Å². The molecule has 0 unspecified atom stereocenters. The van der Waals surface area contributed by atoms with Crippen molar-refractivity contribution < 1.29 is 27.1 Å². The summed E-state index contributed by atoms with van der Waals surface area (Å²) in [5, 5.41) is 0.964. The van der Waals surface area contributed by atoms with Gasteiger partial charge in [-0.15, -0.1) is 0 Å². The van der Waals surface area contributed by atoms with Crippen LogP contribution in [0, 0.1) is 6.92 Å². The zero-order valence-electron chi connectivity index (χ0n) is 21.9. The minimum atomic E-state index is -4.61. The predicted octanol–water partition coefficient (Wildman–Crippen LogP) is 6.43. The van der Waals surface area contributed by atoms with Crippen LogP contribution in [0.15, 0.2) is 46.9 Å². The fraction of sp³-hybridized carbons (Fsp3) is 0.321. The van der Waals surface area contributed by atoms with Gasteiger partial charge in [-0.05, 0) is 66.9 Å². The van der Waals surface area contributed by atoms with Crippen molar-refractivity contribution in [3.63, 3.8) is 0 Å². The predicted molar refractivity (Wildman–Crippen MR) is 143 cm³/mol. The molecule has 0 saturated heterocycles. The van der Waals surface area contributed by atoms with E-state index in [0.717, 1.165) is 17.2 Å². The highest BCUT2D eigenvalue weighted by Crippen LogP contribution is 2.37. The number of benzene rings is 2. The Kier molecular flexibility index (Phi) is 8.17. The average Bonchev–Trinajstić information content (AvgIpc) is 3.27. The number of fused-ring (bicyclic) bond motifs is 2. The number of oxazole rings is 1. The highest BCUT2D eigenvalue weighted by atomic mass is 35.5. The molecule has 39 heavy (non-hydrogen) atoms. The maximum absolute atomic E-state index is 13.3. The normalized spacial score (nSPS) is 13.2. The van der Waals surface area contributed by atoms with Gasteiger partial charge >= 0.3 is 6.18 Å². The van der Waals surface area contributed by atoms with Crippen LogP contribution in [-0.4, -0.2) is 40.5 Å². The number of ether oxygens (including phenoxy) is 1. The van der Waals surface area contributed by atoms with Crippen LogP contribution < -0.4 is 10.5 Å². The molecule has 0 aliphatic carbocycles. The van der Waals surface area contributed by atoms with Gasteiger partial charge in [-0.2, -0.15) is 13.2 Å². The minimum Gasteiger partial charge on any atom is -0.494 e. The van der Waals surface area contributed by atoms with Crippen LogP contribution in [0.3, 0.4) is 0 Å². The average molecular weight is 561 g/mol. The summed E-state index contributed by atoms with van der Waals surface area (Å²) in [4.78, 5) is 23.2. The van der Waals surface area contributed by atoms with E-state index in [1.54, 1.807) is 17.9 Å². The van der Waals surface area contributed by atoms with Gasteiger partial charge in [-0.3, -0.25) is 4.79 Å². The Hall–Kier alpha value is -3.63. The van der Waals surface area contributed by atoms with Gasteiger partial charge in [0.25, 0.3) is 5.91 Å². The second kappa shape index (κ2) is 11.2. The number of rotatable bonds is 3. The monoisotopic (exact) mass is 560 g/mol. The largest absolute Gasteiger partial charge is 0.494 e. The van der Waals surface area contributed by atoms with Crippen molar-refractivity contribution in [2.45, 2.75) is 46.0 Å². The molecule has 0 atom stereocenters. The summed E-state index contributed by atoms with van der Waals surface area (Å²) in [7, 11) is 1.35. The summed E-state index contributed by atoms with van der Waals surface area (Å²) >= 11 is 6.11. The van der Waals surface area contributed by atoms with E-state index in [-0.39, 0.29) is 28.8 Å². The molecule has 2 aromatic carbocycles. The molecule has 1 aliphatic rings. The maximum Gasteiger partial charge on any atom is 0.433 e. The van der Waals surface area contributed by atoms with E-state index in [9.17, 15) is 18.0 Å². The second-order valence-electron chi connectivity index (χ2n) is 9.46. The van der Waals surface area contributed by atoms with Crippen LogP contribution in [0.2, 0.25) is 5.02 Å². The molecule has 0 spiro atoms. The van der Waals surface area contributed by atoms with Gasteiger partial charge in [-0.25, -0.2) is 9.97 Å². The molecule has 0 fully saturated rings. The first-order valence-corrected chi connectivity index (χ1v) is 12.6. The molecule has 1 amide bonds. The third kappa shape index (κ3) is 6.17. The number of hydrogen-bond acceptors (Lipinski definition) is 6. The molecule has 1 aliphatic heterocycles. The van der Waals surface area contributed by atoms with Gasteiger partial charge < -0.3 is 19.8 Å². The Morgan fingerprint density at radius 3 is 2.51 bits per heavy atom. The zero-order valence-corrected chi connectivity index (χ0v) is 22.7. The van der Waals surface area contributed by atoms with E-state index in [4.69, 9.17) is 26.5 Å². The standard InChI is InChI=1S/C25H19ClF3N3O3.C3H9N/c1-13-21(24(33)32-10-9-14-3-4-16(26)11-15(14)12-32)31-23(35-13)18-5-7-19(34-2)22-17(18)6-8-20(30-22)25(27,28)29;1-3(2)4/h3-8,11H,9-10,12H2,1-2H3;3H,4H2,1-2H3. The molecule has 4 aromatic rings. The maximum atomic E-state index is 13.3. The Bertz CT molecular complexity index is 1520. The quantitative estimate of drug-likeness (QED) is 0.310. The molecule has 7 nitrogen and oxygen atoms in total. The van der Waals surface area contributed by atoms with Crippen molar-refractivity contribution in [2.75, 3.05) is 13.7 Å². The van der Waals surface area contributed by atoms with Gasteiger partial charge in [0.2, 0.25) is 5.89 Å². The van der Waals surface area contributed by atoms with Crippen LogP contribution in [-0.2, 0) is 19.1 Å². The number of alkyl halides is 3. The number of hydrogen-bond donors (Lipinski definition) is 1. The van der Waals surface area contributed by atoms with Crippen LogP contribution in [0.1, 0.15) is 46.9 Å². The smallest absolute Gasteiger partial charge is 0.433 e. The highest BCUT2D eigenvalue weighted by Gasteiger charge is 2.33. The van der Waals surface area contributed by atoms with Gasteiger partial charge in [0.1, 0.15) is 22.7 Å². The van der Waals surface area contributed by atoms with Crippen LogP contribution in [0.4, 0.5) is 13.2 Å². The molecule has 206 valence electrons. The molecule has 0 bridgehead atoms. The Labute approximate surface area is 228 Å². The van der Waals surface area contributed by atoms with E-state index in [1.165, 1.54) is 19.2 Å². The third-order valence-electron chi connectivity index (χ3n) is 6.03. The molecule has 0 radical (unpaired) electrons. The van der Waals surface area contributed by atoms with Crippen LogP contribution in [0.25, 0.3) is 22.4 Å². The third-order valence-corrected chi connectivity index (χ3v) is 6.26. The lowest BCUT2D eigenvalue weighted by Gasteiger charge is -2.28. The fourth-order valence-electron chi connectivity index (χ4n) is 4.26. The Balaban J connectivity index is 0.000000826. The fourth-order valence-corrected chi connectivity index (χ4v) is 4.45. The molecule has 0 saturated carbocycles. The van der Waals surface area contributed by atoms with Crippen molar-refractivity contribution in [3.05, 3.63) is 75.8 Å². The number of carbonyl (C=O) groups excluding carboxylic acids is 1. The lowest BCUT2D eigenvalue weighted by molar-refractivity contribution is -0.140. The summed E-state index contributed by atoms with van der Waals surface area (Å²) in [6.07, 6.45) is -3.91. The number of methoxy groups -OCH3 is 1. The van der Waals surface area contributed by atoms with Crippen LogP contribution >= 0.6 is 11.6 Å². The van der Waals surface area contributed by atoms with E-state index in [1.807, 2.05) is 32.0 Å². The lowest BCUT2D eigenvalue weighted by atomic mass is 9.99. The first-order chi connectivity index (χ1) is 18.4. The van der Waals surface area contributed by atoms with Gasteiger partial charge in [-0.1, -0.05) is 31.5 Å². The zero-order chi connectivity index (χ0) is 28.5. The number of amides is 1. The molecule has 2 aromatic heterocycles. The number of aryl methyl sites for hydroxylation is 1. The number of nitrogens with two attached hydrogens (primary N) is 1. The summed E-state index contributed by atoms with van der Waals surface area (Å²) in [6.45, 7) is 6.43. The summed E-state index contributed by atoms with van der Waals surface area (Å²) in [5.74, 6) is 0.310.